The highest BCUT2D eigenvalue weighted by Gasteiger charge is 2.28. The van der Waals surface area contributed by atoms with Gasteiger partial charge in [-0.15, -0.1) is 0 Å². The van der Waals surface area contributed by atoms with Crippen molar-refractivity contribution >= 4 is 0 Å². The third-order valence-electron chi connectivity index (χ3n) is 5.41. The van der Waals surface area contributed by atoms with Crippen molar-refractivity contribution in [3.8, 4) is 28.3 Å². The molecule has 0 aliphatic heterocycles. The van der Waals surface area contributed by atoms with Gasteiger partial charge >= 0.3 is 0 Å². The molecule has 4 rings (SSSR count). The second kappa shape index (κ2) is 7.36. The SMILES string of the molecule is CCCCc1ccc2c(c1)Cc1c-2cc(F)c(-c2cc(F)c(C#N)c(F)c2)c1F. The largest absolute Gasteiger partial charge is 0.206 e. The maximum absolute atomic E-state index is 15.3. The standard InChI is InChI=1S/C24H17F4N/c1-2-3-4-13-5-6-16-14(7-13)8-18-17(16)11-22(27)23(24(18)28)15-9-20(25)19(12-29)21(26)10-15/h5-7,9-11H,2-4,8H2,1H3. The van der Waals surface area contributed by atoms with E-state index in [0.717, 1.165) is 48.1 Å². The van der Waals surface area contributed by atoms with Gasteiger partial charge in [0.1, 0.15) is 34.9 Å². The lowest BCUT2D eigenvalue weighted by Crippen LogP contribution is -1.99. The fraction of sp³-hybridized carbons (Fsp3) is 0.208. The third-order valence-corrected chi connectivity index (χ3v) is 5.41. The third kappa shape index (κ3) is 3.19. The number of hydrogen-bond acceptors (Lipinski definition) is 1. The Hall–Kier alpha value is -3.13. The van der Waals surface area contributed by atoms with Gasteiger partial charge in [0.2, 0.25) is 0 Å². The van der Waals surface area contributed by atoms with Crippen molar-refractivity contribution in [2.45, 2.75) is 32.6 Å². The Morgan fingerprint density at radius 2 is 1.66 bits per heavy atom. The van der Waals surface area contributed by atoms with Crippen LogP contribution in [0.2, 0.25) is 0 Å². The molecule has 3 aromatic rings. The molecule has 1 aliphatic rings. The highest BCUT2D eigenvalue weighted by atomic mass is 19.1. The molecule has 1 nitrogen and oxygen atoms in total. The summed E-state index contributed by atoms with van der Waals surface area (Å²) in [6.07, 6.45) is 3.34. The molecule has 29 heavy (non-hydrogen) atoms. The second-order valence-corrected chi connectivity index (χ2v) is 7.27. The highest BCUT2D eigenvalue weighted by Crippen LogP contribution is 2.43. The van der Waals surface area contributed by atoms with Gasteiger partial charge in [0.05, 0.1) is 5.56 Å². The first kappa shape index (κ1) is 19.2. The van der Waals surface area contributed by atoms with Crippen molar-refractivity contribution in [3.05, 3.63) is 81.9 Å². The first-order chi connectivity index (χ1) is 13.9. The van der Waals surface area contributed by atoms with E-state index >= 15 is 4.39 Å². The Morgan fingerprint density at radius 1 is 0.931 bits per heavy atom. The van der Waals surface area contributed by atoms with Crippen LogP contribution in [0.5, 0.6) is 0 Å². The second-order valence-electron chi connectivity index (χ2n) is 7.27. The number of fused-ring (bicyclic) bond motifs is 3. The van der Waals surface area contributed by atoms with Gasteiger partial charge in [0.15, 0.2) is 0 Å². The smallest absolute Gasteiger partial charge is 0.144 e. The number of hydrogen-bond donors (Lipinski definition) is 0. The lowest BCUT2D eigenvalue weighted by Gasteiger charge is -2.11. The number of halogens is 4. The Kier molecular flexibility index (Phi) is 4.87. The van der Waals surface area contributed by atoms with Crippen LogP contribution < -0.4 is 0 Å². The first-order valence-electron chi connectivity index (χ1n) is 9.47. The van der Waals surface area contributed by atoms with Crippen LogP contribution >= 0.6 is 0 Å². The minimum atomic E-state index is -1.15. The Labute approximate surface area is 166 Å². The topological polar surface area (TPSA) is 23.8 Å². The molecule has 0 saturated heterocycles. The molecule has 0 unspecified atom stereocenters. The summed E-state index contributed by atoms with van der Waals surface area (Å²) in [5.74, 6) is -4.02. The molecule has 0 saturated carbocycles. The van der Waals surface area contributed by atoms with E-state index in [1.165, 1.54) is 12.1 Å². The Balaban J connectivity index is 1.81. The van der Waals surface area contributed by atoms with Crippen LogP contribution in [-0.4, -0.2) is 0 Å². The number of nitriles is 1. The zero-order valence-corrected chi connectivity index (χ0v) is 15.8. The summed E-state index contributed by atoms with van der Waals surface area (Å²) in [6, 6.07) is 10.1. The molecule has 0 bridgehead atoms. The van der Waals surface area contributed by atoms with Crippen molar-refractivity contribution in [2.24, 2.45) is 0 Å². The zero-order valence-electron chi connectivity index (χ0n) is 15.8. The van der Waals surface area contributed by atoms with Gasteiger partial charge in [0.25, 0.3) is 0 Å². The quantitative estimate of drug-likeness (QED) is 0.353. The number of rotatable bonds is 4. The summed E-state index contributed by atoms with van der Waals surface area (Å²) in [5, 5.41) is 8.80. The van der Waals surface area contributed by atoms with Gasteiger partial charge in [-0.3, -0.25) is 0 Å². The fourth-order valence-corrected chi connectivity index (χ4v) is 3.94. The molecular weight excluding hydrogens is 378 g/mol. The molecule has 0 radical (unpaired) electrons. The summed E-state index contributed by atoms with van der Waals surface area (Å²) >= 11 is 0. The average Bonchev–Trinajstić information content (AvgIpc) is 3.04. The van der Waals surface area contributed by atoms with Crippen molar-refractivity contribution in [3.63, 3.8) is 0 Å². The van der Waals surface area contributed by atoms with E-state index in [4.69, 9.17) is 5.26 Å². The van der Waals surface area contributed by atoms with Gasteiger partial charge in [-0.05, 0) is 58.9 Å². The van der Waals surface area contributed by atoms with E-state index in [9.17, 15) is 13.2 Å². The summed E-state index contributed by atoms with van der Waals surface area (Å²) in [6.45, 7) is 2.11. The van der Waals surface area contributed by atoms with Crippen LogP contribution in [0.15, 0.2) is 36.4 Å². The minimum absolute atomic E-state index is 0.267. The van der Waals surface area contributed by atoms with Crippen LogP contribution in [0.1, 0.15) is 42.0 Å². The van der Waals surface area contributed by atoms with Crippen molar-refractivity contribution in [1.82, 2.24) is 0 Å². The molecule has 0 fully saturated rings. The maximum atomic E-state index is 15.3. The molecule has 3 aromatic carbocycles. The van der Waals surface area contributed by atoms with Crippen molar-refractivity contribution in [1.29, 1.82) is 5.26 Å². The molecule has 0 amide bonds. The molecule has 0 atom stereocenters. The van der Waals surface area contributed by atoms with Crippen LogP contribution in [0.4, 0.5) is 17.6 Å². The van der Waals surface area contributed by atoms with Crippen LogP contribution in [0, 0.1) is 34.6 Å². The van der Waals surface area contributed by atoms with Crippen molar-refractivity contribution < 1.29 is 17.6 Å². The normalized spacial score (nSPS) is 11.9. The molecule has 0 heterocycles. The Morgan fingerprint density at radius 3 is 2.31 bits per heavy atom. The number of benzene rings is 3. The Bertz CT molecular complexity index is 1150. The molecular formula is C24H17F4N. The summed E-state index contributed by atoms with van der Waals surface area (Å²) in [4.78, 5) is 0. The molecule has 1 aliphatic carbocycles. The predicted octanol–water partition coefficient (Wildman–Crippen LogP) is 6.70. The van der Waals surface area contributed by atoms with Crippen LogP contribution in [0.3, 0.4) is 0 Å². The van der Waals surface area contributed by atoms with Gasteiger partial charge in [-0.1, -0.05) is 31.5 Å². The van der Waals surface area contributed by atoms with E-state index in [1.807, 2.05) is 18.2 Å². The molecule has 0 spiro atoms. The first-order valence-corrected chi connectivity index (χ1v) is 9.47. The summed E-state index contributed by atoms with van der Waals surface area (Å²) in [5.41, 5.74) is 2.10. The van der Waals surface area contributed by atoms with E-state index in [1.54, 1.807) is 0 Å². The zero-order chi connectivity index (χ0) is 20.7. The number of nitrogens with zero attached hydrogens (tertiary/aromatic N) is 1. The highest BCUT2D eigenvalue weighted by molar-refractivity contribution is 5.81. The maximum Gasteiger partial charge on any atom is 0.144 e. The average molecular weight is 395 g/mol. The summed E-state index contributed by atoms with van der Waals surface area (Å²) < 4.78 is 58.1. The van der Waals surface area contributed by atoms with E-state index in [-0.39, 0.29) is 5.56 Å². The molecule has 0 aromatic heterocycles. The number of aryl methyl sites for hydroxylation is 1. The molecule has 5 heteroatoms. The lowest BCUT2D eigenvalue weighted by molar-refractivity contribution is 0.571. The molecule has 0 N–H and O–H groups in total. The predicted molar refractivity (Wildman–Crippen MR) is 103 cm³/mol. The summed E-state index contributed by atoms with van der Waals surface area (Å²) in [7, 11) is 0. The van der Waals surface area contributed by atoms with Gasteiger partial charge in [-0.25, -0.2) is 17.6 Å². The van der Waals surface area contributed by atoms with Gasteiger partial charge in [-0.2, -0.15) is 5.26 Å². The monoisotopic (exact) mass is 395 g/mol. The van der Waals surface area contributed by atoms with Gasteiger partial charge < -0.3 is 0 Å². The molecule has 146 valence electrons. The van der Waals surface area contributed by atoms with Crippen molar-refractivity contribution in [2.75, 3.05) is 0 Å². The fourth-order valence-electron chi connectivity index (χ4n) is 3.94. The van der Waals surface area contributed by atoms with E-state index in [2.05, 4.69) is 6.92 Å². The lowest BCUT2D eigenvalue weighted by atomic mass is 9.96. The van der Waals surface area contributed by atoms with E-state index < -0.39 is 34.4 Å². The van der Waals surface area contributed by atoms with Gasteiger partial charge in [0, 0.05) is 12.0 Å². The van der Waals surface area contributed by atoms with Crippen LogP contribution in [0.25, 0.3) is 22.3 Å². The minimum Gasteiger partial charge on any atom is -0.206 e. The van der Waals surface area contributed by atoms with E-state index in [0.29, 0.717) is 17.5 Å². The van der Waals surface area contributed by atoms with Crippen LogP contribution in [-0.2, 0) is 12.8 Å². The number of unbranched alkanes of at least 4 members (excludes halogenated alkanes) is 1.